The SMILES string of the molecule is CC(=O)c1cccc(OC[C@@H](O)CBr)c1. The van der Waals surface area contributed by atoms with Gasteiger partial charge in [-0.2, -0.15) is 0 Å². The zero-order valence-electron chi connectivity index (χ0n) is 8.44. The molecule has 0 fully saturated rings. The van der Waals surface area contributed by atoms with Gasteiger partial charge >= 0.3 is 0 Å². The van der Waals surface area contributed by atoms with Crippen LogP contribution in [0.4, 0.5) is 0 Å². The minimum atomic E-state index is -0.536. The van der Waals surface area contributed by atoms with Crippen LogP contribution in [0.15, 0.2) is 24.3 Å². The summed E-state index contributed by atoms with van der Waals surface area (Å²) in [4.78, 5) is 11.1. The Bertz CT molecular complexity index is 338. The van der Waals surface area contributed by atoms with Gasteiger partial charge < -0.3 is 9.84 Å². The summed E-state index contributed by atoms with van der Waals surface area (Å²) in [5.41, 5.74) is 0.612. The minimum Gasteiger partial charge on any atom is -0.491 e. The molecular formula is C11H13BrO3. The van der Waals surface area contributed by atoms with Crippen LogP contribution >= 0.6 is 15.9 Å². The number of hydrogen-bond donors (Lipinski definition) is 1. The highest BCUT2D eigenvalue weighted by atomic mass is 79.9. The molecule has 0 aliphatic heterocycles. The molecule has 0 aliphatic rings. The number of ketones is 1. The van der Waals surface area contributed by atoms with Gasteiger partial charge in [0.15, 0.2) is 5.78 Å². The molecule has 1 rings (SSSR count). The van der Waals surface area contributed by atoms with Gasteiger partial charge in [-0.15, -0.1) is 0 Å². The summed E-state index contributed by atoms with van der Waals surface area (Å²) in [7, 11) is 0. The van der Waals surface area contributed by atoms with Crippen molar-refractivity contribution in [2.24, 2.45) is 0 Å². The molecule has 0 bridgehead atoms. The van der Waals surface area contributed by atoms with Gasteiger partial charge in [0.25, 0.3) is 0 Å². The maximum atomic E-state index is 11.1. The Kier molecular flexibility index (Phi) is 4.78. The summed E-state index contributed by atoms with van der Waals surface area (Å²) in [5.74, 6) is 0.601. The number of carbonyl (C=O) groups is 1. The van der Waals surface area contributed by atoms with Crippen LogP contribution in [-0.4, -0.2) is 28.9 Å². The summed E-state index contributed by atoms with van der Waals surface area (Å²) < 4.78 is 5.32. The molecule has 0 heterocycles. The molecule has 82 valence electrons. The maximum Gasteiger partial charge on any atom is 0.159 e. The minimum absolute atomic E-state index is 0.00138. The lowest BCUT2D eigenvalue weighted by molar-refractivity contribution is 0.101. The van der Waals surface area contributed by atoms with E-state index < -0.39 is 6.10 Å². The van der Waals surface area contributed by atoms with Gasteiger partial charge in [0.05, 0.1) is 6.10 Å². The maximum absolute atomic E-state index is 11.1. The second-order valence-corrected chi connectivity index (χ2v) is 3.85. The van der Waals surface area contributed by atoms with Gasteiger partial charge in [0.1, 0.15) is 12.4 Å². The van der Waals surface area contributed by atoms with Crippen molar-refractivity contribution >= 4 is 21.7 Å². The van der Waals surface area contributed by atoms with Crippen molar-refractivity contribution in [2.75, 3.05) is 11.9 Å². The Morgan fingerprint density at radius 1 is 1.60 bits per heavy atom. The number of aliphatic hydroxyl groups is 1. The smallest absolute Gasteiger partial charge is 0.159 e. The van der Waals surface area contributed by atoms with E-state index in [-0.39, 0.29) is 12.4 Å². The Morgan fingerprint density at radius 3 is 2.93 bits per heavy atom. The second-order valence-electron chi connectivity index (χ2n) is 3.20. The fraction of sp³-hybridized carbons (Fsp3) is 0.364. The number of Topliss-reactive ketones (excluding diaryl/α,β-unsaturated/α-hetero) is 1. The fourth-order valence-electron chi connectivity index (χ4n) is 1.04. The number of ether oxygens (including phenoxy) is 1. The van der Waals surface area contributed by atoms with Crippen molar-refractivity contribution < 1.29 is 14.6 Å². The van der Waals surface area contributed by atoms with Crippen LogP contribution in [0.3, 0.4) is 0 Å². The molecule has 1 aromatic rings. The van der Waals surface area contributed by atoms with E-state index in [0.717, 1.165) is 0 Å². The van der Waals surface area contributed by atoms with Gasteiger partial charge in [0, 0.05) is 10.9 Å². The highest BCUT2D eigenvalue weighted by Crippen LogP contribution is 2.14. The first-order valence-corrected chi connectivity index (χ1v) is 5.73. The first-order chi connectivity index (χ1) is 7.13. The average Bonchev–Trinajstić information content (AvgIpc) is 2.26. The highest BCUT2D eigenvalue weighted by molar-refractivity contribution is 9.09. The largest absolute Gasteiger partial charge is 0.491 e. The molecule has 3 nitrogen and oxygen atoms in total. The molecule has 0 radical (unpaired) electrons. The van der Waals surface area contributed by atoms with Crippen LogP contribution in [-0.2, 0) is 0 Å². The molecule has 0 spiro atoms. The first kappa shape index (κ1) is 12.2. The summed E-state index contributed by atoms with van der Waals surface area (Å²) in [6, 6.07) is 6.92. The van der Waals surface area contributed by atoms with E-state index in [1.165, 1.54) is 6.92 Å². The van der Waals surface area contributed by atoms with E-state index in [4.69, 9.17) is 4.74 Å². The van der Waals surface area contributed by atoms with Crippen LogP contribution in [0.25, 0.3) is 0 Å². The molecule has 0 aliphatic carbocycles. The Hall–Kier alpha value is -0.870. The van der Waals surface area contributed by atoms with Crippen LogP contribution in [0.1, 0.15) is 17.3 Å². The molecule has 0 saturated carbocycles. The zero-order chi connectivity index (χ0) is 11.3. The van der Waals surface area contributed by atoms with Gasteiger partial charge in [-0.05, 0) is 19.1 Å². The summed E-state index contributed by atoms with van der Waals surface area (Å²) >= 11 is 3.14. The molecule has 15 heavy (non-hydrogen) atoms. The number of rotatable bonds is 5. The quantitative estimate of drug-likeness (QED) is 0.659. The van der Waals surface area contributed by atoms with E-state index in [1.807, 2.05) is 0 Å². The summed E-state index contributed by atoms with van der Waals surface area (Å²) in [6.45, 7) is 1.72. The monoisotopic (exact) mass is 272 g/mol. The van der Waals surface area contributed by atoms with Crippen LogP contribution in [0, 0.1) is 0 Å². The van der Waals surface area contributed by atoms with Gasteiger partial charge in [-0.25, -0.2) is 0 Å². The lowest BCUT2D eigenvalue weighted by Gasteiger charge is -2.10. The lowest BCUT2D eigenvalue weighted by atomic mass is 10.1. The van der Waals surface area contributed by atoms with Crippen LogP contribution in [0.5, 0.6) is 5.75 Å². The zero-order valence-corrected chi connectivity index (χ0v) is 10.0. The van der Waals surface area contributed by atoms with Crippen molar-refractivity contribution in [1.29, 1.82) is 0 Å². The van der Waals surface area contributed by atoms with Crippen molar-refractivity contribution in [3.8, 4) is 5.75 Å². The van der Waals surface area contributed by atoms with E-state index in [1.54, 1.807) is 24.3 Å². The van der Waals surface area contributed by atoms with Crippen LogP contribution in [0.2, 0.25) is 0 Å². The standard InChI is InChI=1S/C11H13BrO3/c1-8(13)9-3-2-4-11(5-9)15-7-10(14)6-12/h2-5,10,14H,6-7H2,1H3/t10-/m0/s1. The van der Waals surface area contributed by atoms with Crippen molar-refractivity contribution in [3.63, 3.8) is 0 Å². The second kappa shape index (κ2) is 5.88. The molecule has 0 aromatic heterocycles. The lowest BCUT2D eigenvalue weighted by Crippen LogP contribution is -2.18. The molecule has 1 N–H and O–H groups in total. The number of alkyl halides is 1. The van der Waals surface area contributed by atoms with Gasteiger partial charge in [-0.3, -0.25) is 4.79 Å². The predicted octanol–water partition coefficient (Wildman–Crippen LogP) is 2.02. The van der Waals surface area contributed by atoms with Crippen molar-refractivity contribution in [1.82, 2.24) is 0 Å². The molecular weight excluding hydrogens is 260 g/mol. The molecule has 1 aromatic carbocycles. The topological polar surface area (TPSA) is 46.5 Å². The Balaban J connectivity index is 2.62. The number of hydrogen-bond acceptors (Lipinski definition) is 3. The van der Waals surface area contributed by atoms with Crippen LogP contribution < -0.4 is 4.74 Å². The fourth-order valence-corrected chi connectivity index (χ4v) is 1.23. The molecule has 0 saturated heterocycles. The van der Waals surface area contributed by atoms with Crippen molar-refractivity contribution in [2.45, 2.75) is 13.0 Å². The van der Waals surface area contributed by atoms with E-state index in [0.29, 0.717) is 16.6 Å². The number of benzene rings is 1. The number of halogens is 1. The van der Waals surface area contributed by atoms with Gasteiger partial charge in [0.2, 0.25) is 0 Å². The summed E-state index contributed by atoms with van der Waals surface area (Å²) in [6.07, 6.45) is -0.536. The first-order valence-electron chi connectivity index (χ1n) is 4.61. The molecule has 0 amide bonds. The average molecular weight is 273 g/mol. The number of aliphatic hydroxyl groups excluding tert-OH is 1. The Morgan fingerprint density at radius 2 is 2.33 bits per heavy atom. The Labute approximate surface area is 97.2 Å². The van der Waals surface area contributed by atoms with E-state index >= 15 is 0 Å². The van der Waals surface area contributed by atoms with Gasteiger partial charge in [-0.1, -0.05) is 28.1 Å². The molecule has 0 unspecified atom stereocenters. The third-order valence-corrected chi connectivity index (χ3v) is 2.61. The normalized spacial score (nSPS) is 12.2. The molecule has 4 heteroatoms. The summed E-state index contributed by atoms with van der Waals surface area (Å²) in [5, 5.41) is 9.73. The third-order valence-electron chi connectivity index (χ3n) is 1.86. The predicted molar refractivity (Wildman–Crippen MR) is 61.7 cm³/mol. The highest BCUT2D eigenvalue weighted by Gasteiger charge is 2.04. The number of carbonyl (C=O) groups excluding carboxylic acids is 1. The van der Waals surface area contributed by atoms with Crippen molar-refractivity contribution in [3.05, 3.63) is 29.8 Å². The van der Waals surface area contributed by atoms with E-state index in [9.17, 15) is 9.90 Å². The third kappa shape index (κ3) is 4.01. The van der Waals surface area contributed by atoms with E-state index in [2.05, 4.69) is 15.9 Å². The molecule has 1 atom stereocenters.